The van der Waals surface area contributed by atoms with Gasteiger partial charge >= 0.3 is 0 Å². The minimum absolute atomic E-state index is 0.00345. The lowest BCUT2D eigenvalue weighted by Crippen LogP contribution is -2.27. The fourth-order valence-corrected chi connectivity index (χ4v) is 23.3. The summed E-state index contributed by atoms with van der Waals surface area (Å²) in [6, 6.07) is 23.4. The fraction of sp³-hybridized carbons (Fsp3) is 0.467. The number of hydrogen-bond acceptors (Lipinski definition) is 13. The van der Waals surface area contributed by atoms with Crippen molar-refractivity contribution in [3.63, 3.8) is 0 Å². The number of thiophene rings is 7. The molecule has 484 valence electrons. The molecule has 8 heterocycles. The third kappa shape index (κ3) is 16.1. The van der Waals surface area contributed by atoms with E-state index in [4.69, 9.17) is 12.2 Å². The number of likely N-dealkylation sites (N-methyl/N-ethyl adjacent to an activating group) is 1. The molecule has 1 aromatic carbocycles. The van der Waals surface area contributed by atoms with Crippen molar-refractivity contribution in [3.8, 4) is 50.1 Å². The molecule has 0 radical (unpaired) electrons. The average molecular weight is 1410 g/mol. The van der Waals surface area contributed by atoms with Gasteiger partial charge in [0.1, 0.15) is 10.0 Å². The second-order valence-electron chi connectivity index (χ2n) is 24.8. The molecule has 1 aliphatic carbocycles. The fourth-order valence-electron chi connectivity index (χ4n) is 12.9. The zero-order valence-electron chi connectivity index (χ0n) is 54.4. The zero-order chi connectivity index (χ0) is 64.3. The van der Waals surface area contributed by atoms with Crippen LogP contribution in [0.4, 0.5) is 8.78 Å². The molecule has 4 nitrogen and oxygen atoms in total. The lowest BCUT2D eigenvalue weighted by atomic mass is 9.92. The number of rotatable bonds is 34. The van der Waals surface area contributed by atoms with Crippen LogP contribution in [0.2, 0.25) is 0 Å². The molecule has 1 saturated heterocycles. The number of aryl methyl sites for hydroxylation is 2. The molecule has 1 N–H and O–H groups in total. The summed E-state index contributed by atoms with van der Waals surface area (Å²) in [5.74, 6) is -0.806. The van der Waals surface area contributed by atoms with E-state index in [-0.39, 0.29) is 28.5 Å². The molecule has 2 unspecified atom stereocenters. The number of thiol groups is 1. The Hall–Kier alpha value is -3.68. The Morgan fingerprint density at radius 3 is 1.59 bits per heavy atom. The Morgan fingerprint density at radius 2 is 1.07 bits per heavy atom. The van der Waals surface area contributed by atoms with Gasteiger partial charge in [0.25, 0.3) is 5.91 Å². The number of benzene rings is 1. The predicted octanol–water partition coefficient (Wildman–Crippen LogP) is 27.5. The molecule has 0 bridgehead atoms. The molecule has 7 aromatic heterocycles. The number of allylic oxidation sites excluding steroid dienone is 4. The first-order valence-electron chi connectivity index (χ1n) is 33.7. The number of carbonyl (C=O) groups is 1. The summed E-state index contributed by atoms with van der Waals surface area (Å²) in [6.45, 7) is 17.8. The monoisotopic (exact) mass is 1410 g/mol. The van der Waals surface area contributed by atoms with Gasteiger partial charge in [-0.3, -0.25) is 15.1 Å². The van der Waals surface area contributed by atoms with Crippen molar-refractivity contribution in [3.05, 3.63) is 113 Å². The lowest BCUT2D eigenvalue weighted by molar-refractivity contribution is -0.122. The molecule has 1 aliphatic heterocycles. The third-order valence-corrected chi connectivity index (χ3v) is 28.4. The van der Waals surface area contributed by atoms with Crippen molar-refractivity contribution in [2.24, 2.45) is 16.2 Å². The average Bonchev–Trinajstić information content (AvgIpc) is 1.59. The number of unbranched alkanes of at least 4 members (excludes halogenated alkanes) is 12. The van der Waals surface area contributed by atoms with Gasteiger partial charge in [-0.05, 0) is 155 Å². The van der Waals surface area contributed by atoms with E-state index in [9.17, 15) is 10.2 Å². The number of hydrogen-bond donors (Lipinski definition) is 2. The largest absolute Gasteiger partial charge is 0.298 e. The molecule has 10 rings (SSSR count). The molecule has 2 atom stereocenters. The molecule has 1 fully saturated rings. The Labute approximate surface area is 584 Å². The Balaban J connectivity index is 1.14. The SMILES string of the molecule is CCCCCCCCc1cc(/C=C2\SC(=S)N(CC)C2=O)sc1-c1ccc(-c2sc(-c3cc4c(-c5ccc(CC(CC)CCCC)s5)c5sc(C6=C(F)C(F)=C(C)/C(=N/S)C6=N)cc5c(-c5ccc(CC(CC)CCCC)s5)c4s3)cc2CCCCCCCC)s1. The first-order valence-corrected chi connectivity index (χ1v) is 41.0. The molecule has 1 amide bonds. The Kier molecular flexibility index (Phi) is 25.7. The maximum absolute atomic E-state index is 16.7. The molecule has 2 aliphatic rings. The van der Waals surface area contributed by atoms with Crippen LogP contribution >= 0.6 is 116 Å². The number of carbonyl (C=O) groups excluding carboxylic acids is 1. The van der Waals surface area contributed by atoms with E-state index >= 15 is 8.78 Å². The molecular formula is C75H89F2N3OS10. The van der Waals surface area contributed by atoms with E-state index < -0.39 is 11.7 Å². The van der Waals surface area contributed by atoms with Crippen LogP contribution in [0.5, 0.6) is 0 Å². The molecule has 91 heavy (non-hydrogen) atoms. The van der Waals surface area contributed by atoms with Crippen molar-refractivity contribution in [2.75, 3.05) is 6.54 Å². The van der Waals surface area contributed by atoms with Gasteiger partial charge in [-0.25, -0.2) is 13.2 Å². The number of fused-ring (bicyclic) bond motifs is 2. The Bertz CT molecular complexity index is 3880. The Morgan fingerprint density at radius 1 is 0.571 bits per heavy atom. The summed E-state index contributed by atoms with van der Waals surface area (Å²) in [5.41, 5.74) is 4.83. The smallest absolute Gasteiger partial charge is 0.266 e. The summed E-state index contributed by atoms with van der Waals surface area (Å²) in [6.07, 6.45) is 30.4. The van der Waals surface area contributed by atoms with Crippen molar-refractivity contribution >= 4 is 170 Å². The first kappa shape index (κ1) is 70.1. The van der Waals surface area contributed by atoms with Gasteiger partial charge < -0.3 is 0 Å². The quantitative estimate of drug-likeness (QED) is 0.0139. The van der Waals surface area contributed by atoms with Gasteiger partial charge in [0, 0.05) is 102 Å². The van der Waals surface area contributed by atoms with Crippen molar-refractivity contribution in [1.29, 1.82) is 5.41 Å². The third-order valence-electron chi connectivity index (χ3n) is 18.3. The summed E-state index contributed by atoms with van der Waals surface area (Å²) >= 11 is 24.0. The number of nitrogens with zero attached hydrogens (tertiary/aromatic N) is 2. The number of thioether (sulfide) groups is 1. The lowest BCUT2D eigenvalue weighted by Gasteiger charge is -2.17. The van der Waals surface area contributed by atoms with Crippen LogP contribution in [-0.2, 0) is 30.5 Å². The van der Waals surface area contributed by atoms with Crippen molar-refractivity contribution in [1.82, 2.24) is 4.90 Å². The molecule has 0 spiro atoms. The van der Waals surface area contributed by atoms with Crippen molar-refractivity contribution < 1.29 is 13.6 Å². The zero-order valence-corrected chi connectivity index (χ0v) is 62.6. The highest BCUT2D eigenvalue weighted by atomic mass is 32.2. The van der Waals surface area contributed by atoms with Gasteiger partial charge in [0.15, 0.2) is 11.7 Å². The topological polar surface area (TPSA) is 56.5 Å². The summed E-state index contributed by atoms with van der Waals surface area (Å²) < 4.78 is 39.6. The molecule has 8 aromatic rings. The van der Waals surface area contributed by atoms with E-state index in [1.54, 1.807) is 16.2 Å². The minimum atomic E-state index is -1.02. The van der Waals surface area contributed by atoms with Crippen LogP contribution in [0.25, 0.3) is 82.0 Å². The molecule has 16 heteroatoms. The van der Waals surface area contributed by atoms with E-state index in [1.807, 2.05) is 63.6 Å². The highest BCUT2D eigenvalue weighted by molar-refractivity contribution is 8.26. The molecular weight excluding hydrogens is 1320 g/mol. The van der Waals surface area contributed by atoms with Crippen LogP contribution < -0.4 is 0 Å². The van der Waals surface area contributed by atoms with Gasteiger partial charge in [0.05, 0.1) is 16.2 Å². The number of halogens is 2. The van der Waals surface area contributed by atoms with Crippen LogP contribution in [0.15, 0.2) is 87.2 Å². The molecule has 0 saturated carbocycles. The van der Waals surface area contributed by atoms with Crippen LogP contribution in [0.3, 0.4) is 0 Å². The van der Waals surface area contributed by atoms with Crippen LogP contribution in [-0.4, -0.2) is 33.1 Å². The second-order valence-corrected chi connectivity index (χ2v) is 34.3. The summed E-state index contributed by atoms with van der Waals surface area (Å²) in [4.78, 5) is 30.3. The number of thiocarbonyl (C=S) groups is 1. The maximum atomic E-state index is 16.7. The van der Waals surface area contributed by atoms with E-state index in [0.29, 0.717) is 32.5 Å². The van der Waals surface area contributed by atoms with Gasteiger partial charge in [-0.2, -0.15) is 0 Å². The summed E-state index contributed by atoms with van der Waals surface area (Å²) in [5, 5.41) is 11.5. The highest BCUT2D eigenvalue weighted by Crippen LogP contribution is 2.56. The normalized spacial score (nSPS) is 15.7. The number of nitrogens with one attached hydrogen (secondary N) is 1. The first-order chi connectivity index (χ1) is 44.3. The maximum Gasteiger partial charge on any atom is 0.266 e. The second kappa shape index (κ2) is 33.3. The summed E-state index contributed by atoms with van der Waals surface area (Å²) in [7, 11) is 0. The van der Waals surface area contributed by atoms with Crippen molar-refractivity contribution in [2.45, 2.75) is 209 Å². The van der Waals surface area contributed by atoms with E-state index in [0.717, 1.165) is 77.5 Å². The predicted molar refractivity (Wildman–Crippen MR) is 413 cm³/mol. The van der Waals surface area contributed by atoms with Crippen LogP contribution in [0, 0.1) is 17.2 Å². The van der Waals surface area contributed by atoms with E-state index in [2.05, 4.69) is 125 Å². The van der Waals surface area contributed by atoms with Gasteiger partial charge in [-0.15, -0.1) is 79.4 Å². The highest BCUT2D eigenvalue weighted by Gasteiger charge is 2.34. The number of amides is 1. The van der Waals surface area contributed by atoms with Gasteiger partial charge in [0.2, 0.25) is 0 Å². The standard InChI is InChI=1S/C75H89F2N3OS10/c1-9-16-20-22-24-26-30-48-40-52(42-62-74(81)80(15-7)75(82)91-62)86-70(48)57-36-37-58(87-57)71-49(31-27-25-23-21-17-10-2)41-59(88-71)60-43-53-63(55-34-32-50(84-55)38-46(13-5)28-18-11-3)73-54(44-61(90-73)65-67(77)66(76)45(8)69(79-83)68(65)78)64(72(53)89-60)56-35-33-51(85-56)39-47(14-6)29-19-12-4/h32-37,40-44,46-47,78,83H,9-31,38-39H2,1-8H3/b62-42-,78-68?,79-69-. The minimum Gasteiger partial charge on any atom is -0.298 e. The van der Waals surface area contributed by atoms with Crippen LogP contribution in [0.1, 0.15) is 214 Å². The van der Waals surface area contributed by atoms with E-state index in [1.165, 1.54) is 203 Å². The van der Waals surface area contributed by atoms with Gasteiger partial charge in [-0.1, -0.05) is 181 Å².